The van der Waals surface area contributed by atoms with E-state index in [0.29, 0.717) is 28.8 Å². The molecule has 1 heterocycles. The van der Waals surface area contributed by atoms with E-state index in [1.807, 2.05) is 0 Å². The standard InChI is InChI=1S/C27H25F7N4O/c1-14-8-18(28)6-7-19(14)22-20(12-35)23(36-4)37-13-21(22)38(5)24(39)25(2,3)15-9-16(26(29,30)31)11-17(10-15)27(32,33)34/h6-13,35H,1-5H3,(H,36,37). The number of amides is 1. The second-order valence-electron chi connectivity index (χ2n) is 9.42. The molecule has 208 valence electrons. The highest BCUT2D eigenvalue weighted by Crippen LogP contribution is 2.42. The molecule has 1 aromatic heterocycles. The third-order valence-corrected chi connectivity index (χ3v) is 6.45. The number of anilines is 2. The molecule has 5 nitrogen and oxygen atoms in total. The van der Waals surface area contributed by atoms with Crippen LogP contribution < -0.4 is 10.2 Å². The van der Waals surface area contributed by atoms with Crippen molar-refractivity contribution >= 4 is 23.6 Å². The Morgan fingerprint density at radius 3 is 1.97 bits per heavy atom. The van der Waals surface area contributed by atoms with Crippen LogP contribution in [-0.2, 0) is 22.6 Å². The quantitative estimate of drug-likeness (QED) is 0.250. The number of pyridine rings is 1. The molecule has 0 aliphatic rings. The summed E-state index contributed by atoms with van der Waals surface area (Å²) in [5, 5.41) is 10.8. The highest BCUT2D eigenvalue weighted by atomic mass is 19.4. The number of rotatable bonds is 6. The third kappa shape index (κ3) is 5.74. The molecule has 39 heavy (non-hydrogen) atoms. The number of carbonyl (C=O) groups is 1. The van der Waals surface area contributed by atoms with Gasteiger partial charge in [-0.15, -0.1) is 0 Å². The maximum atomic E-state index is 13.9. The number of hydrogen-bond donors (Lipinski definition) is 2. The van der Waals surface area contributed by atoms with E-state index in [1.54, 1.807) is 14.0 Å². The molecule has 0 aliphatic heterocycles. The van der Waals surface area contributed by atoms with Crippen LogP contribution in [-0.4, -0.2) is 31.2 Å². The zero-order chi connectivity index (χ0) is 29.5. The van der Waals surface area contributed by atoms with E-state index < -0.39 is 46.2 Å². The highest BCUT2D eigenvalue weighted by Gasteiger charge is 2.41. The fourth-order valence-electron chi connectivity index (χ4n) is 4.27. The Morgan fingerprint density at radius 1 is 0.974 bits per heavy atom. The van der Waals surface area contributed by atoms with Crippen LogP contribution in [0.2, 0.25) is 0 Å². The normalized spacial score (nSPS) is 12.3. The van der Waals surface area contributed by atoms with E-state index in [-0.39, 0.29) is 23.1 Å². The Labute approximate surface area is 220 Å². The molecule has 2 N–H and O–H groups in total. The summed E-state index contributed by atoms with van der Waals surface area (Å²) in [6, 6.07) is 4.93. The molecule has 0 saturated heterocycles. The van der Waals surface area contributed by atoms with E-state index >= 15 is 0 Å². The monoisotopic (exact) mass is 554 g/mol. The Bertz CT molecular complexity index is 1400. The zero-order valence-electron chi connectivity index (χ0n) is 21.6. The molecule has 0 bridgehead atoms. The van der Waals surface area contributed by atoms with E-state index in [2.05, 4.69) is 10.3 Å². The first kappa shape index (κ1) is 29.6. The molecule has 0 spiro atoms. The number of hydrogen-bond acceptors (Lipinski definition) is 4. The van der Waals surface area contributed by atoms with Gasteiger partial charge in [0.1, 0.15) is 11.6 Å². The number of aryl methyl sites for hydroxylation is 1. The van der Waals surface area contributed by atoms with E-state index in [1.165, 1.54) is 45.3 Å². The van der Waals surface area contributed by atoms with Gasteiger partial charge in [0.25, 0.3) is 0 Å². The number of nitrogens with one attached hydrogen (secondary N) is 2. The molecular formula is C27H25F7N4O. The van der Waals surface area contributed by atoms with Crippen LogP contribution in [0.1, 0.15) is 41.7 Å². The fraction of sp³-hybridized carbons (Fsp3) is 0.296. The second-order valence-corrected chi connectivity index (χ2v) is 9.42. The minimum atomic E-state index is -5.08. The molecule has 0 saturated carbocycles. The van der Waals surface area contributed by atoms with Gasteiger partial charge < -0.3 is 15.6 Å². The van der Waals surface area contributed by atoms with E-state index in [4.69, 9.17) is 5.41 Å². The minimum Gasteiger partial charge on any atom is -0.373 e. The van der Waals surface area contributed by atoms with Gasteiger partial charge in [-0.2, -0.15) is 26.3 Å². The van der Waals surface area contributed by atoms with Crippen LogP contribution in [0.5, 0.6) is 0 Å². The molecule has 0 unspecified atom stereocenters. The molecular weight excluding hydrogens is 529 g/mol. The van der Waals surface area contributed by atoms with Crippen molar-refractivity contribution in [2.24, 2.45) is 0 Å². The molecule has 1 amide bonds. The van der Waals surface area contributed by atoms with Crippen LogP contribution in [0.15, 0.2) is 42.6 Å². The van der Waals surface area contributed by atoms with Gasteiger partial charge in [-0.1, -0.05) is 6.07 Å². The molecule has 2 aromatic carbocycles. The lowest BCUT2D eigenvalue weighted by molar-refractivity contribution is -0.143. The zero-order valence-corrected chi connectivity index (χ0v) is 21.6. The number of benzene rings is 2. The maximum Gasteiger partial charge on any atom is 0.416 e. The third-order valence-electron chi connectivity index (χ3n) is 6.45. The van der Waals surface area contributed by atoms with Gasteiger partial charge in [0.15, 0.2) is 0 Å². The first-order valence-electron chi connectivity index (χ1n) is 11.5. The number of carbonyl (C=O) groups excluding carboxylic acids is 1. The molecule has 12 heteroatoms. The summed E-state index contributed by atoms with van der Waals surface area (Å²) >= 11 is 0. The van der Waals surface area contributed by atoms with Crippen molar-refractivity contribution in [1.82, 2.24) is 4.98 Å². The summed E-state index contributed by atoms with van der Waals surface area (Å²) in [4.78, 5) is 19.1. The largest absolute Gasteiger partial charge is 0.416 e. The van der Waals surface area contributed by atoms with Crippen LogP contribution in [0.4, 0.5) is 42.2 Å². The number of aromatic nitrogens is 1. The Morgan fingerprint density at radius 2 is 1.51 bits per heavy atom. The summed E-state index contributed by atoms with van der Waals surface area (Å²) in [5.41, 5.74) is -3.88. The van der Waals surface area contributed by atoms with Crippen LogP contribution in [0, 0.1) is 18.2 Å². The number of likely N-dealkylation sites (N-methyl/N-ethyl adjacent to an activating group) is 1. The fourth-order valence-corrected chi connectivity index (χ4v) is 4.27. The molecule has 0 fully saturated rings. The average molecular weight is 555 g/mol. The Kier molecular flexibility index (Phi) is 7.82. The molecule has 3 rings (SSSR count). The van der Waals surface area contributed by atoms with Crippen LogP contribution in [0.3, 0.4) is 0 Å². The molecule has 0 radical (unpaired) electrons. The smallest absolute Gasteiger partial charge is 0.373 e. The van der Waals surface area contributed by atoms with Gasteiger partial charge in [-0.05, 0) is 67.8 Å². The van der Waals surface area contributed by atoms with Crippen molar-refractivity contribution in [2.45, 2.75) is 38.5 Å². The number of halogens is 7. The summed E-state index contributed by atoms with van der Waals surface area (Å²) in [5.74, 6) is -1.10. The maximum absolute atomic E-state index is 13.9. The number of nitrogens with zero attached hydrogens (tertiary/aromatic N) is 2. The summed E-state index contributed by atoms with van der Waals surface area (Å²) in [6.07, 6.45) is -7.90. The van der Waals surface area contributed by atoms with Crippen molar-refractivity contribution in [3.8, 4) is 11.1 Å². The second kappa shape index (κ2) is 10.3. The van der Waals surface area contributed by atoms with Gasteiger partial charge in [-0.3, -0.25) is 4.79 Å². The topological polar surface area (TPSA) is 69.1 Å². The van der Waals surface area contributed by atoms with Gasteiger partial charge in [0.05, 0.1) is 28.4 Å². The first-order chi connectivity index (χ1) is 17.9. The predicted molar refractivity (Wildman–Crippen MR) is 135 cm³/mol. The highest BCUT2D eigenvalue weighted by molar-refractivity contribution is 6.07. The van der Waals surface area contributed by atoms with Crippen molar-refractivity contribution in [2.75, 3.05) is 24.3 Å². The molecule has 3 aromatic rings. The van der Waals surface area contributed by atoms with Gasteiger partial charge in [0, 0.05) is 31.4 Å². The lowest BCUT2D eigenvalue weighted by Gasteiger charge is -2.32. The van der Waals surface area contributed by atoms with Crippen LogP contribution >= 0.6 is 0 Å². The lowest BCUT2D eigenvalue weighted by Crippen LogP contribution is -2.42. The van der Waals surface area contributed by atoms with Crippen molar-refractivity contribution < 1.29 is 35.5 Å². The minimum absolute atomic E-state index is 0.0000604. The van der Waals surface area contributed by atoms with Gasteiger partial charge >= 0.3 is 12.4 Å². The Hall–Kier alpha value is -3.96. The summed E-state index contributed by atoms with van der Waals surface area (Å²) in [7, 11) is 2.86. The summed E-state index contributed by atoms with van der Waals surface area (Å²) in [6.45, 7) is 4.05. The first-order valence-corrected chi connectivity index (χ1v) is 11.5. The molecule has 0 atom stereocenters. The van der Waals surface area contributed by atoms with Gasteiger partial charge in [-0.25, -0.2) is 9.37 Å². The summed E-state index contributed by atoms with van der Waals surface area (Å²) < 4.78 is 94.8. The Balaban J connectivity index is 2.24. The lowest BCUT2D eigenvalue weighted by atomic mass is 9.81. The predicted octanol–water partition coefficient (Wildman–Crippen LogP) is 7.21. The van der Waals surface area contributed by atoms with Crippen molar-refractivity contribution in [1.29, 1.82) is 5.41 Å². The van der Waals surface area contributed by atoms with Gasteiger partial charge in [0.2, 0.25) is 5.91 Å². The average Bonchev–Trinajstić information content (AvgIpc) is 2.85. The van der Waals surface area contributed by atoms with Crippen molar-refractivity contribution in [3.63, 3.8) is 0 Å². The van der Waals surface area contributed by atoms with Crippen molar-refractivity contribution in [3.05, 3.63) is 76.2 Å². The van der Waals surface area contributed by atoms with E-state index in [9.17, 15) is 35.5 Å². The number of alkyl halides is 6. The van der Waals surface area contributed by atoms with Crippen LogP contribution in [0.25, 0.3) is 11.1 Å². The van der Waals surface area contributed by atoms with E-state index in [0.717, 1.165) is 11.1 Å². The molecule has 0 aliphatic carbocycles. The SMILES string of the molecule is CNc1ncc(N(C)C(=O)C(C)(C)c2cc(C(F)(F)F)cc(C(F)(F)F)c2)c(-c2ccc(F)cc2C)c1C=N.